The van der Waals surface area contributed by atoms with Crippen LogP contribution in [-0.4, -0.2) is 42.5 Å². The minimum absolute atomic E-state index is 0.0610. The molecule has 1 saturated heterocycles. The van der Waals surface area contributed by atoms with Gasteiger partial charge >= 0.3 is 0 Å². The van der Waals surface area contributed by atoms with Gasteiger partial charge in [0, 0.05) is 12.1 Å². The number of aliphatic hydroxyl groups excluding tert-OH is 1. The van der Waals surface area contributed by atoms with E-state index < -0.39 is 23.5 Å². The molecule has 0 unspecified atom stereocenters. The highest BCUT2D eigenvalue weighted by Gasteiger charge is 2.45. The highest BCUT2D eigenvalue weighted by Crippen LogP contribution is 2.39. The molecule has 1 heterocycles. The number of ether oxygens (including phenoxy) is 2. The van der Waals surface area contributed by atoms with Crippen molar-refractivity contribution in [3.8, 4) is 11.5 Å². The van der Waals surface area contributed by atoms with Crippen LogP contribution in [0.2, 0.25) is 0 Å². The summed E-state index contributed by atoms with van der Waals surface area (Å²) in [5.41, 5.74) is 1.61. The van der Waals surface area contributed by atoms with Gasteiger partial charge in [0.1, 0.15) is 11.6 Å². The van der Waals surface area contributed by atoms with Gasteiger partial charge in [-0.3, -0.25) is 9.59 Å². The van der Waals surface area contributed by atoms with Gasteiger partial charge in [0.15, 0.2) is 11.5 Å². The summed E-state index contributed by atoms with van der Waals surface area (Å²) in [7, 11) is 3.08. The Hall–Kier alpha value is -4.13. The van der Waals surface area contributed by atoms with Crippen molar-refractivity contribution in [2.24, 2.45) is 0 Å². The molecule has 1 fully saturated rings. The van der Waals surface area contributed by atoms with Crippen LogP contribution < -0.4 is 9.47 Å². The molecule has 0 radical (unpaired) electrons. The predicted molar refractivity (Wildman–Crippen MR) is 125 cm³/mol. The molecule has 4 rings (SSSR count). The molecular weight excluding hydrogens is 437 g/mol. The maximum atomic E-state index is 14.1. The zero-order valence-corrected chi connectivity index (χ0v) is 18.8. The summed E-state index contributed by atoms with van der Waals surface area (Å²) in [5, 5.41) is 11.0. The van der Waals surface area contributed by atoms with Crippen molar-refractivity contribution in [1.82, 2.24) is 4.90 Å². The lowest BCUT2D eigenvalue weighted by Gasteiger charge is -2.25. The number of benzene rings is 3. The van der Waals surface area contributed by atoms with E-state index in [1.54, 1.807) is 55.6 Å². The molecule has 0 aromatic heterocycles. The molecule has 0 bridgehead atoms. The average Bonchev–Trinajstić information content (AvgIpc) is 3.12. The van der Waals surface area contributed by atoms with Crippen LogP contribution in [0.4, 0.5) is 4.39 Å². The van der Waals surface area contributed by atoms with Crippen LogP contribution in [0.25, 0.3) is 5.76 Å². The van der Waals surface area contributed by atoms with E-state index >= 15 is 0 Å². The predicted octanol–water partition coefficient (Wildman–Crippen LogP) is 4.51. The molecular formula is C27H24FNO5. The molecule has 0 saturated carbocycles. The van der Waals surface area contributed by atoms with Gasteiger partial charge in [-0.2, -0.15) is 0 Å². The minimum atomic E-state index is -0.920. The van der Waals surface area contributed by atoms with Crippen LogP contribution in [0.3, 0.4) is 0 Å². The van der Waals surface area contributed by atoms with E-state index in [2.05, 4.69) is 0 Å². The Labute approximate surface area is 196 Å². The van der Waals surface area contributed by atoms with Gasteiger partial charge in [0.25, 0.3) is 11.7 Å². The first kappa shape index (κ1) is 23.0. The summed E-state index contributed by atoms with van der Waals surface area (Å²) in [6, 6.07) is 18.7. The van der Waals surface area contributed by atoms with Crippen molar-refractivity contribution in [2.45, 2.75) is 12.5 Å². The Morgan fingerprint density at radius 2 is 1.68 bits per heavy atom. The second-order valence-electron chi connectivity index (χ2n) is 7.85. The highest BCUT2D eigenvalue weighted by molar-refractivity contribution is 6.46. The Kier molecular flexibility index (Phi) is 6.63. The van der Waals surface area contributed by atoms with E-state index in [0.717, 1.165) is 5.56 Å². The molecule has 3 aromatic carbocycles. The number of likely N-dealkylation sites (tertiary alicyclic amines) is 1. The van der Waals surface area contributed by atoms with Crippen molar-refractivity contribution in [2.75, 3.05) is 20.8 Å². The molecule has 1 atom stereocenters. The van der Waals surface area contributed by atoms with Crippen LogP contribution in [0.1, 0.15) is 22.7 Å². The van der Waals surface area contributed by atoms with Gasteiger partial charge in [-0.05, 0) is 41.8 Å². The maximum absolute atomic E-state index is 14.1. The van der Waals surface area contributed by atoms with Gasteiger partial charge in [-0.1, -0.05) is 48.5 Å². The first-order valence-electron chi connectivity index (χ1n) is 10.7. The van der Waals surface area contributed by atoms with Crippen molar-refractivity contribution in [3.05, 3.63) is 101 Å². The Bertz CT molecular complexity index is 1250. The Balaban J connectivity index is 1.74. The third kappa shape index (κ3) is 4.37. The number of Topliss-reactive ketones (excluding diaryl/α,β-unsaturated/α-hetero) is 1. The fourth-order valence-electron chi connectivity index (χ4n) is 4.17. The average molecular weight is 461 g/mol. The number of nitrogens with zero attached hydrogens (tertiary/aromatic N) is 1. The SMILES string of the molecule is COc1ccc(CCN2C(=O)C(=O)C(=C(O)c3ccccc3)[C@H]2c2cccc(F)c2)cc1OC. The largest absolute Gasteiger partial charge is 0.507 e. The smallest absolute Gasteiger partial charge is 0.295 e. The number of ketones is 1. The second-order valence-corrected chi connectivity index (χ2v) is 7.85. The number of amides is 1. The van der Waals surface area contributed by atoms with Crippen molar-refractivity contribution in [3.63, 3.8) is 0 Å². The van der Waals surface area contributed by atoms with E-state index in [-0.39, 0.29) is 17.9 Å². The van der Waals surface area contributed by atoms with E-state index in [1.807, 2.05) is 6.07 Å². The molecule has 0 aliphatic carbocycles. The van der Waals surface area contributed by atoms with Gasteiger partial charge in [-0.25, -0.2) is 4.39 Å². The number of carbonyl (C=O) groups is 2. The molecule has 174 valence electrons. The molecule has 1 N–H and O–H groups in total. The molecule has 34 heavy (non-hydrogen) atoms. The van der Waals surface area contributed by atoms with E-state index in [4.69, 9.17) is 9.47 Å². The minimum Gasteiger partial charge on any atom is -0.507 e. The molecule has 1 amide bonds. The normalized spacial score (nSPS) is 17.1. The van der Waals surface area contributed by atoms with Crippen molar-refractivity contribution in [1.29, 1.82) is 0 Å². The van der Waals surface area contributed by atoms with Gasteiger partial charge in [0.2, 0.25) is 0 Å². The van der Waals surface area contributed by atoms with Gasteiger partial charge in [-0.15, -0.1) is 0 Å². The lowest BCUT2D eigenvalue weighted by atomic mass is 9.95. The molecule has 7 heteroatoms. The summed E-state index contributed by atoms with van der Waals surface area (Å²) in [6.45, 7) is 0.173. The standard InChI is InChI=1S/C27H24FNO5/c1-33-21-12-11-17(15-22(21)34-2)13-14-29-24(19-9-6-10-20(28)16-19)23(26(31)27(29)32)25(30)18-7-4-3-5-8-18/h3-12,15-16,24,30H,13-14H2,1-2H3/t24-/m1/s1. The fourth-order valence-corrected chi connectivity index (χ4v) is 4.17. The Morgan fingerprint density at radius 3 is 2.35 bits per heavy atom. The van der Waals surface area contributed by atoms with E-state index in [0.29, 0.717) is 29.0 Å². The highest BCUT2D eigenvalue weighted by atomic mass is 19.1. The van der Waals surface area contributed by atoms with Crippen LogP contribution in [0, 0.1) is 5.82 Å². The third-order valence-corrected chi connectivity index (χ3v) is 5.84. The second kappa shape index (κ2) is 9.79. The third-order valence-electron chi connectivity index (χ3n) is 5.84. The summed E-state index contributed by atoms with van der Waals surface area (Å²) in [4.78, 5) is 27.5. The molecule has 1 aliphatic rings. The lowest BCUT2D eigenvalue weighted by molar-refractivity contribution is -0.139. The zero-order chi connectivity index (χ0) is 24.2. The van der Waals surface area contributed by atoms with Crippen LogP contribution in [0.5, 0.6) is 11.5 Å². The molecule has 6 nitrogen and oxygen atoms in total. The topological polar surface area (TPSA) is 76.1 Å². The summed E-state index contributed by atoms with van der Waals surface area (Å²) in [5.74, 6) is -1.21. The Morgan fingerprint density at radius 1 is 0.941 bits per heavy atom. The number of hydrogen-bond acceptors (Lipinski definition) is 5. The summed E-state index contributed by atoms with van der Waals surface area (Å²) < 4.78 is 24.7. The number of hydrogen-bond donors (Lipinski definition) is 1. The van der Waals surface area contributed by atoms with Crippen LogP contribution >= 0.6 is 0 Å². The van der Waals surface area contributed by atoms with Gasteiger partial charge < -0.3 is 19.5 Å². The van der Waals surface area contributed by atoms with E-state index in [1.165, 1.54) is 30.2 Å². The number of carbonyl (C=O) groups excluding carboxylic acids is 2. The summed E-state index contributed by atoms with van der Waals surface area (Å²) >= 11 is 0. The van der Waals surface area contributed by atoms with Gasteiger partial charge in [0.05, 0.1) is 25.8 Å². The fraction of sp³-hybridized carbons (Fsp3) is 0.185. The van der Waals surface area contributed by atoms with E-state index in [9.17, 15) is 19.1 Å². The zero-order valence-electron chi connectivity index (χ0n) is 18.8. The molecule has 0 spiro atoms. The monoisotopic (exact) mass is 461 g/mol. The quantitative estimate of drug-likeness (QED) is 0.318. The lowest BCUT2D eigenvalue weighted by Crippen LogP contribution is -2.31. The summed E-state index contributed by atoms with van der Waals surface area (Å²) in [6.07, 6.45) is 0.407. The first-order chi connectivity index (χ1) is 16.4. The maximum Gasteiger partial charge on any atom is 0.295 e. The molecule has 1 aliphatic heterocycles. The van der Waals surface area contributed by atoms with Crippen molar-refractivity contribution < 1.29 is 28.6 Å². The number of halogens is 1. The first-order valence-corrected chi connectivity index (χ1v) is 10.7. The van der Waals surface area contributed by atoms with Crippen LogP contribution in [0.15, 0.2) is 78.4 Å². The molecule has 3 aromatic rings. The number of methoxy groups -OCH3 is 2. The number of aliphatic hydroxyl groups is 1. The number of rotatable bonds is 7. The van der Waals surface area contributed by atoms with Crippen LogP contribution in [-0.2, 0) is 16.0 Å². The van der Waals surface area contributed by atoms with Crippen molar-refractivity contribution >= 4 is 17.4 Å².